The van der Waals surface area contributed by atoms with Gasteiger partial charge in [0, 0.05) is 49.5 Å². The number of amides is 1. The maximum absolute atomic E-state index is 14.1. The van der Waals surface area contributed by atoms with Gasteiger partial charge in [-0.2, -0.15) is 0 Å². The van der Waals surface area contributed by atoms with Crippen molar-refractivity contribution in [2.24, 2.45) is 0 Å². The Morgan fingerprint density at radius 2 is 2.06 bits per heavy atom. The van der Waals surface area contributed by atoms with Crippen LogP contribution in [0.1, 0.15) is 12.0 Å². The summed E-state index contributed by atoms with van der Waals surface area (Å²) in [6.45, 7) is 0.919. The maximum Gasteiger partial charge on any atom is 0.262 e. The normalized spacial score (nSPS) is 11.2. The summed E-state index contributed by atoms with van der Waals surface area (Å²) >= 11 is 13.3. The predicted octanol–water partition coefficient (Wildman–Crippen LogP) is 4.63. The molecule has 0 saturated heterocycles. The number of benzene rings is 2. The fourth-order valence-corrected chi connectivity index (χ4v) is 4.45. The van der Waals surface area contributed by atoms with Crippen molar-refractivity contribution < 1.29 is 13.9 Å². The lowest BCUT2D eigenvalue weighted by Gasteiger charge is -2.19. The second-order valence-corrected chi connectivity index (χ2v) is 8.88. The Kier molecular flexibility index (Phi) is 8.53. The predicted molar refractivity (Wildman–Crippen MR) is 126 cm³/mol. The van der Waals surface area contributed by atoms with Crippen LogP contribution in [-0.2, 0) is 22.6 Å². The van der Waals surface area contributed by atoms with Gasteiger partial charge in [-0.15, -0.1) is 0 Å². The fraction of sp³-hybridized carbons (Fsp3) is 0.318. The lowest BCUT2D eigenvalue weighted by molar-refractivity contribution is -0.127. The van der Waals surface area contributed by atoms with E-state index in [4.69, 9.17) is 27.9 Å². The number of fused-ring (bicyclic) bond motifs is 1. The molecule has 0 bridgehead atoms. The van der Waals surface area contributed by atoms with Crippen LogP contribution >= 0.6 is 35.0 Å². The molecule has 3 rings (SSSR count). The molecule has 0 aliphatic carbocycles. The van der Waals surface area contributed by atoms with E-state index in [2.05, 4.69) is 4.98 Å². The maximum atomic E-state index is 14.1. The van der Waals surface area contributed by atoms with Crippen molar-refractivity contribution in [3.8, 4) is 0 Å². The van der Waals surface area contributed by atoms with Gasteiger partial charge in [-0.3, -0.25) is 14.2 Å². The van der Waals surface area contributed by atoms with Crippen molar-refractivity contribution in [1.29, 1.82) is 0 Å². The average Bonchev–Trinajstić information content (AvgIpc) is 2.76. The number of rotatable bonds is 9. The summed E-state index contributed by atoms with van der Waals surface area (Å²) in [4.78, 5) is 31.7. The van der Waals surface area contributed by atoms with Crippen LogP contribution in [0.15, 0.2) is 46.3 Å². The van der Waals surface area contributed by atoms with Crippen LogP contribution in [0.3, 0.4) is 0 Å². The standard InChI is InChI=1S/C22H22Cl2FN3O3S/c1-27(12-16-17(24)5-3-6-18(16)25)20(29)13-32-22-26-19-11-14(23)7-8-15(19)21(30)28(22)9-4-10-31-2/h3,5-8,11H,4,9-10,12-13H2,1-2H3. The quantitative estimate of drug-likeness (QED) is 0.245. The Bertz CT molecular complexity index is 1170. The summed E-state index contributed by atoms with van der Waals surface area (Å²) in [7, 11) is 3.17. The van der Waals surface area contributed by atoms with Crippen molar-refractivity contribution >= 4 is 51.8 Å². The largest absolute Gasteiger partial charge is 0.385 e. The highest BCUT2D eigenvalue weighted by Crippen LogP contribution is 2.23. The number of nitrogens with zero attached hydrogens (tertiary/aromatic N) is 3. The third-order valence-electron chi connectivity index (χ3n) is 4.82. The molecule has 0 unspecified atom stereocenters. The molecule has 2 aromatic carbocycles. The van der Waals surface area contributed by atoms with Gasteiger partial charge in [0.1, 0.15) is 5.82 Å². The number of aromatic nitrogens is 2. The van der Waals surface area contributed by atoms with Crippen molar-refractivity contribution in [3.05, 3.63) is 68.2 Å². The van der Waals surface area contributed by atoms with E-state index in [1.54, 1.807) is 43.0 Å². The van der Waals surface area contributed by atoms with Gasteiger partial charge in [0.15, 0.2) is 5.16 Å². The molecule has 0 fully saturated rings. The lowest BCUT2D eigenvalue weighted by Crippen LogP contribution is -2.29. The number of hydrogen-bond acceptors (Lipinski definition) is 5. The van der Waals surface area contributed by atoms with Crippen LogP contribution in [0.2, 0.25) is 10.0 Å². The molecule has 3 aromatic rings. The fourth-order valence-electron chi connectivity index (χ4n) is 3.09. The third-order valence-corrected chi connectivity index (χ3v) is 6.37. The highest BCUT2D eigenvalue weighted by atomic mass is 35.5. The smallest absolute Gasteiger partial charge is 0.262 e. The summed E-state index contributed by atoms with van der Waals surface area (Å²) in [5, 5.41) is 1.59. The zero-order valence-corrected chi connectivity index (χ0v) is 19.9. The Hall–Kier alpha value is -2.13. The summed E-state index contributed by atoms with van der Waals surface area (Å²) in [6, 6.07) is 9.30. The number of halogens is 3. The van der Waals surface area contributed by atoms with Crippen LogP contribution in [0, 0.1) is 5.82 Å². The topological polar surface area (TPSA) is 64.4 Å². The van der Waals surface area contributed by atoms with Crippen LogP contribution in [0.5, 0.6) is 0 Å². The molecule has 32 heavy (non-hydrogen) atoms. The van der Waals surface area contributed by atoms with Gasteiger partial charge in [0.05, 0.1) is 16.7 Å². The summed E-state index contributed by atoms with van der Waals surface area (Å²) < 4.78 is 20.7. The Labute approximate surface area is 199 Å². The van der Waals surface area contributed by atoms with Gasteiger partial charge in [-0.05, 0) is 36.8 Å². The summed E-state index contributed by atoms with van der Waals surface area (Å²) in [5.74, 6) is -0.700. The molecule has 0 aliphatic rings. The number of carbonyl (C=O) groups is 1. The molecule has 0 atom stereocenters. The molecule has 1 amide bonds. The average molecular weight is 498 g/mol. The van der Waals surface area contributed by atoms with E-state index in [0.717, 1.165) is 11.8 Å². The number of carbonyl (C=O) groups excluding carboxylic acids is 1. The van der Waals surface area contributed by atoms with Crippen molar-refractivity contribution in [3.63, 3.8) is 0 Å². The van der Waals surface area contributed by atoms with Gasteiger partial charge in [0.25, 0.3) is 5.56 Å². The Balaban J connectivity index is 1.81. The van der Waals surface area contributed by atoms with Crippen LogP contribution in [-0.4, -0.2) is 46.9 Å². The van der Waals surface area contributed by atoms with Gasteiger partial charge >= 0.3 is 0 Å². The molecule has 1 aromatic heterocycles. The first-order valence-corrected chi connectivity index (χ1v) is 11.5. The zero-order valence-electron chi connectivity index (χ0n) is 17.6. The van der Waals surface area contributed by atoms with Crippen LogP contribution in [0.25, 0.3) is 10.9 Å². The molecule has 0 aliphatic heterocycles. The van der Waals surface area contributed by atoms with Crippen LogP contribution < -0.4 is 5.56 Å². The highest BCUT2D eigenvalue weighted by Gasteiger charge is 2.17. The molecular weight excluding hydrogens is 476 g/mol. The molecular formula is C22H22Cl2FN3O3S. The SMILES string of the molecule is COCCCn1c(SCC(=O)N(C)Cc2c(F)cccc2Cl)nc2cc(Cl)ccc2c1=O. The molecule has 0 saturated carbocycles. The number of thioether (sulfide) groups is 1. The molecule has 0 spiro atoms. The molecule has 0 N–H and O–H groups in total. The zero-order chi connectivity index (χ0) is 23.3. The van der Waals surface area contributed by atoms with Gasteiger partial charge in [-0.1, -0.05) is 41.0 Å². The number of hydrogen-bond donors (Lipinski definition) is 0. The van der Waals surface area contributed by atoms with Crippen molar-refractivity contribution in [1.82, 2.24) is 14.5 Å². The third kappa shape index (κ3) is 5.81. The van der Waals surface area contributed by atoms with E-state index in [-0.39, 0.29) is 34.4 Å². The monoisotopic (exact) mass is 497 g/mol. The first-order valence-electron chi connectivity index (χ1n) is 9.80. The van der Waals surface area contributed by atoms with E-state index < -0.39 is 5.82 Å². The number of methoxy groups -OCH3 is 1. The molecule has 1 heterocycles. The van der Waals surface area contributed by atoms with E-state index >= 15 is 0 Å². The van der Waals surface area contributed by atoms with Gasteiger partial charge in [0.2, 0.25) is 5.91 Å². The van der Waals surface area contributed by atoms with E-state index in [1.807, 2.05) is 0 Å². The molecule has 10 heteroatoms. The second-order valence-electron chi connectivity index (χ2n) is 7.10. The van der Waals surface area contributed by atoms with E-state index in [9.17, 15) is 14.0 Å². The molecule has 170 valence electrons. The Morgan fingerprint density at radius 3 is 2.78 bits per heavy atom. The molecule has 0 radical (unpaired) electrons. The van der Waals surface area contributed by atoms with Gasteiger partial charge < -0.3 is 9.64 Å². The van der Waals surface area contributed by atoms with E-state index in [1.165, 1.54) is 17.0 Å². The van der Waals surface area contributed by atoms with Crippen molar-refractivity contribution in [2.75, 3.05) is 26.5 Å². The minimum atomic E-state index is -0.468. The minimum Gasteiger partial charge on any atom is -0.385 e. The number of ether oxygens (including phenoxy) is 1. The Morgan fingerprint density at radius 1 is 1.28 bits per heavy atom. The first kappa shape index (κ1) is 24.5. The summed E-state index contributed by atoms with van der Waals surface area (Å²) in [5.41, 5.74) is 0.515. The first-order chi connectivity index (χ1) is 15.3. The van der Waals surface area contributed by atoms with Gasteiger partial charge in [-0.25, -0.2) is 9.37 Å². The van der Waals surface area contributed by atoms with Crippen LogP contribution in [0.4, 0.5) is 4.39 Å². The molecule has 6 nitrogen and oxygen atoms in total. The highest BCUT2D eigenvalue weighted by molar-refractivity contribution is 7.99. The summed E-state index contributed by atoms with van der Waals surface area (Å²) in [6.07, 6.45) is 0.615. The minimum absolute atomic E-state index is 0.0192. The van der Waals surface area contributed by atoms with E-state index in [0.29, 0.717) is 40.7 Å². The lowest BCUT2D eigenvalue weighted by atomic mass is 10.2. The second kappa shape index (κ2) is 11.1. The van der Waals surface area contributed by atoms with Crippen molar-refractivity contribution in [2.45, 2.75) is 24.7 Å².